The van der Waals surface area contributed by atoms with E-state index in [4.69, 9.17) is 4.42 Å². The number of hydrogen-bond donors (Lipinski definition) is 1. The molecule has 0 atom stereocenters. The Hall–Kier alpha value is -3.48. The molecule has 0 fully saturated rings. The molecule has 0 aliphatic carbocycles. The Morgan fingerprint density at radius 3 is 2.79 bits per heavy atom. The third kappa shape index (κ3) is 3.14. The van der Waals surface area contributed by atoms with Crippen LogP contribution in [-0.2, 0) is 0 Å². The van der Waals surface area contributed by atoms with Crippen molar-refractivity contribution < 1.29 is 14.1 Å². The van der Waals surface area contributed by atoms with Crippen molar-refractivity contribution in [3.05, 3.63) is 76.3 Å². The van der Waals surface area contributed by atoms with Crippen LogP contribution in [0.1, 0.15) is 15.9 Å². The van der Waals surface area contributed by atoms with Gasteiger partial charge in [0.2, 0.25) is 0 Å². The zero-order chi connectivity index (χ0) is 17.1. The fourth-order valence-electron chi connectivity index (χ4n) is 2.26. The number of oxazole rings is 1. The number of benzene rings is 2. The Bertz CT molecular complexity index is 904. The number of nitro groups is 1. The minimum Gasteiger partial charge on any atom is -0.444 e. The molecule has 1 heterocycles. The van der Waals surface area contributed by atoms with E-state index in [1.54, 1.807) is 49.5 Å². The second kappa shape index (κ2) is 6.33. The van der Waals surface area contributed by atoms with Gasteiger partial charge in [-0.25, -0.2) is 4.98 Å². The monoisotopic (exact) mass is 323 g/mol. The maximum atomic E-state index is 12.4. The van der Waals surface area contributed by atoms with Gasteiger partial charge in [-0.1, -0.05) is 18.2 Å². The Labute approximate surface area is 137 Å². The van der Waals surface area contributed by atoms with E-state index in [0.717, 1.165) is 5.56 Å². The van der Waals surface area contributed by atoms with E-state index in [1.165, 1.54) is 12.5 Å². The molecule has 2 aromatic carbocycles. The topological polar surface area (TPSA) is 98.3 Å². The molecule has 0 saturated carbocycles. The van der Waals surface area contributed by atoms with Crippen LogP contribution in [0.3, 0.4) is 0 Å². The van der Waals surface area contributed by atoms with E-state index in [9.17, 15) is 14.9 Å². The van der Waals surface area contributed by atoms with Crippen molar-refractivity contribution in [2.45, 2.75) is 6.92 Å². The second-order valence-corrected chi connectivity index (χ2v) is 5.16. The van der Waals surface area contributed by atoms with Crippen LogP contribution in [0.15, 0.2) is 59.5 Å². The van der Waals surface area contributed by atoms with Crippen molar-refractivity contribution in [1.29, 1.82) is 0 Å². The molecule has 0 unspecified atom stereocenters. The summed E-state index contributed by atoms with van der Waals surface area (Å²) in [6, 6.07) is 11.4. The van der Waals surface area contributed by atoms with Crippen LogP contribution >= 0.6 is 0 Å². The van der Waals surface area contributed by atoms with Crippen molar-refractivity contribution in [2.24, 2.45) is 0 Å². The summed E-state index contributed by atoms with van der Waals surface area (Å²) in [6.07, 6.45) is 2.87. The number of aryl methyl sites for hydroxylation is 1. The van der Waals surface area contributed by atoms with Crippen molar-refractivity contribution in [2.75, 3.05) is 5.32 Å². The first-order valence-electron chi connectivity index (χ1n) is 7.10. The average Bonchev–Trinajstić information content (AvgIpc) is 3.11. The molecular weight excluding hydrogens is 310 g/mol. The number of nitrogens with zero attached hydrogens (tertiary/aromatic N) is 2. The van der Waals surface area contributed by atoms with Gasteiger partial charge in [-0.15, -0.1) is 0 Å². The Morgan fingerprint density at radius 1 is 1.25 bits per heavy atom. The molecule has 1 N–H and O–H groups in total. The Morgan fingerprint density at radius 2 is 2.08 bits per heavy atom. The van der Waals surface area contributed by atoms with Gasteiger partial charge in [0.05, 0.1) is 11.1 Å². The highest BCUT2D eigenvalue weighted by atomic mass is 16.6. The zero-order valence-corrected chi connectivity index (χ0v) is 12.7. The number of nitro benzene ring substituents is 1. The van der Waals surface area contributed by atoms with E-state index in [2.05, 4.69) is 10.3 Å². The summed E-state index contributed by atoms with van der Waals surface area (Å²) in [5, 5.41) is 13.6. The van der Waals surface area contributed by atoms with E-state index >= 15 is 0 Å². The standard InChI is InChI=1S/C17H13N3O4/c1-11-5-6-14(8-15(11)20(22)23)19-17(21)13-4-2-3-12(7-13)16-9-18-10-24-16/h2-10H,1H3,(H,19,21). The van der Waals surface area contributed by atoms with Crippen molar-refractivity contribution in [3.63, 3.8) is 0 Å². The maximum Gasteiger partial charge on any atom is 0.274 e. The van der Waals surface area contributed by atoms with Gasteiger partial charge in [0.25, 0.3) is 11.6 Å². The summed E-state index contributed by atoms with van der Waals surface area (Å²) in [4.78, 5) is 26.7. The van der Waals surface area contributed by atoms with Crippen LogP contribution in [0.25, 0.3) is 11.3 Å². The van der Waals surface area contributed by atoms with Gasteiger partial charge in [-0.2, -0.15) is 0 Å². The summed E-state index contributed by atoms with van der Waals surface area (Å²) >= 11 is 0. The van der Waals surface area contributed by atoms with Crippen LogP contribution in [0.2, 0.25) is 0 Å². The summed E-state index contributed by atoms with van der Waals surface area (Å²) < 4.78 is 5.21. The van der Waals surface area contributed by atoms with Gasteiger partial charge in [0.1, 0.15) is 0 Å². The molecular formula is C17H13N3O4. The summed E-state index contributed by atoms with van der Waals surface area (Å²) in [5.74, 6) is 0.185. The number of carbonyl (C=O) groups is 1. The van der Waals surface area contributed by atoms with Crippen LogP contribution < -0.4 is 5.32 Å². The molecule has 0 spiro atoms. The number of carbonyl (C=O) groups excluding carboxylic acids is 1. The smallest absolute Gasteiger partial charge is 0.274 e. The lowest BCUT2D eigenvalue weighted by Crippen LogP contribution is -2.12. The van der Waals surface area contributed by atoms with E-state index in [0.29, 0.717) is 22.6 Å². The van der Waals surface area contributed by atoms with Gasteiger partial charge in [-0.3, -0.25) is 14.9 Å². The lowest BCUT2D eigenvalue weighted by atomic mass is 10.1. The zero-order valence-electron chi connectivity index (χ0n) is 12.7. The highest BCUT2D eigenvalue weighted by Gasteiger charge is 2.14. The van der Waals surface area contributed by atoms with Gasteiger partial charge < -0.3 is 9.73 Å². The van der Waals surface area contributed by atoms with Gasteiger partial charge in [0, 0.05) is 28.4 Å². The molecule has 1 amide bonds. The van der Waals surface area contributed by atoms with Crippen molar-refractivity contribution in [1.82, 2.24) is 4.98 Å². The van der Waals surface area contributed by atoms with Gasteiger partial charge in [-0.05, 0) is 25.1 Å². The normalized spacial score (nSPS) is 10.4. The minimum absolute atomic E-state index is 0.0387. The van der Waals surface area contributed by atoms with Crippen molar-refractivity contribution in [3.8, 4) is 11.3 Å². The lowest BCUT2D eigenvalue weighted by molar-refractivity contribution is -0.385. The molecule has 0 bridgehead atoms. The lowest BCUT2D eigenvalue weighted by Gasteiger charge is -2.07. The van der Waals surface area contributed by atoms with Crippen LogP contribution in [0.4, 0.5) is 11.4 Å². The fourth-order valence-corrected chi connectivity index (χ4v) is 2.26. The highest BCUT2D eigenvalue weighted by Crippen LogP contribution is 2.24. The van der Waals surface area contributed by atoms with Crippen LogP contribution in [0, 0.1) is 17.0 Å². The highest BCUT2D eigenvalue weighted by molar-refractivity contribution is 6.05. The molecule has 120 valence electrons. The largest absolute Gasteiger partial charge is 0.444 e. The molecule has 0 saturated heterocycles. The molecule has 3 aromatic rings. The maximum absolute atomic E-state index is 12.4. The molecule has 7 nitrogen and oxygen atoms in total. The number of aromatic nitrogens is 1. The van der Waals surface area contributed by atoms with E-state index in [-0.39, 0.29) is 11.6 Å². The number of nitrogens with one attached hydrogen (secondary N) is 1. The molecule has 3 rings (SSSR count). The molecule has 0 aliphatic heterocycles. The fraction of sp³-hybridized carbons (Fsp3) is 0.0588. The molecule has 24 heavy (non-hydrogen) atoms. The quantitative estimate of drug-likeness (QED) is 0.581. The Kier molecular flexibility index (Phi) is 4.07. The first kappa shape index (κ1) is 15.4. The summed E-state index contributed by atoms with van der Waals surface area (Å²) in [7, 11) is 0. The predicted octanol–water partition coefficient (Wildman–Crippen LogP) is 3.81. The summed E-state index contributed by atoms with van der Waals surface area (Å²) in [5.41, 5.74) is 1.98. The van der Waals surface area contributed by atoms with Crippen LogP contribution in [0.5, 0.6) is 0 Å². The molecule has 0 aliphatic rings. The summed E-state index contributed by atoms with van der Waals surface area (Å²) in [6.45, 7) is 1.64. The minimum atomic E-state index is -0.477. The Balaban J connectivity index is 1.84. The average molecular weight is 323 g/mol. The second-order valence-electron chi connectivity index (χ2n) is 5.16. The molecule has 1 aromatic heterocycles. The van der Waals surface area contributed by atoms with Crippen LogP contribution in [-0.4, -0.2) is 15.8 Å². The predicted molar refractivity (Wildman–Crippen MR) is 87.7 cm³/mol. The van der Waals surface area contributed by atoms with Gasteiger partial charge >= 0.3 is 0 Å². The molecule has 7 heteroatoms. The van der Waals surface area contributed by atoms with E-state index < -0.39 is 4.92 Å². The molecule has 0 radical (unpaired) electrons. The van der Waals surface area contributed by atoms with Gasteiger partial charge in [0.15, 0.2) is 12.2 Å². The number of rotatable bonds is 4. The SMILES string of the molecule is Cc1ccc(NC(=O)c2cccc(-c3cnco3)c2)cc1[N+](=O)[O-]. The van der Waals surface area contributed by atoms with Crippen molar-refractivity contribution >= 4 is 17.3 Å². The third-order valence-electron chi connectivity index (χ3n) is 3.51. The number of anilines is 1. The number of hydrogen-bond acceptors (Lipinski definition) is 5. The third-order valence-corrected chi connectivity index (χ3v) is 3.51. The van der Waals surface area contributed by atoms with E-state index in [1.807, 2.05) is 0 Å². The first-order chi connectivity index (χ1) is 11.5. The number of amides is 1. The first-order valence-corrected chi connectivity index (χ1v) is 7.10.